The fourth-order valence-corrected chi connectivity index (χ4v) is 6.07. The molecule has 6 heteroatoms. The Morgan fingerprint density at radius 3 is 2.17 bits per heavy atom. The summed E-state index contributed by atoms with van der Waals surface area (Å²) in [5, 5.41) is 12.0. The maximum atomic E-state index is 11.7. The zero-order valence-electron chi connectivity index (χ0n) is 26.0. The van der Waals surface area contributed by atoms with Crippen molar-refractivity contribution in [3.05, 3.63) is 65.6 Å². The molecule has 2 heterocycles. The number of aliphatic hydroxyl groups is 1. The number of fused-ring (bicyclic) bond motifs is 2. The Balaban J connectivity index is 0.000000263. The molecule has 5 rings (SSSR count). The molecule has 1 aliphatic carbocycles. The first-order valence-corrected chi connectivity index (χ1v) is 15.5. The van der Waals surface area contributed by atoms with Gasteiger partial charge in [0.1, 0.15) is 0 Å². The van der Waals surface area contributed by atoms with Crippen LogP contribution in [0.2, 0.25) is 0 Å². The fraction of sp³-hybridized carbons (Fsp3) is 0.500. The number of carbonyl (C=O) groups is 1. The number of aryl methyl sites for hydroxylation is 2. The van der Waals surface area contributed by atoms with E-state index in [-0.39, 0.29) is 43.5 Å². The number of nitrogens with zero attached hydrogens (tertiary/aromatic N) is 1. The average Bonchev–Trinajstić information content (AvgIpc) is 3.28. The topological polar surface area (TPSA) is 68.7 Å². The van der Waals surface area contributed by atoms with Crippen LogP contribution in [0.3, 0.4) is 0 Å². The number of hydrogen-bond acceptors (Lipinski definition) is 5. The SMILES string of the molecule is CCC(CC)C(=O)/C=C(\O)C(CC)CC.Cc1[c-]c(-c2nccc3cc4c(cc23)OC2(CCCCC2)O4)cc(C)c1.[Ir]. The van der Waals surface area contributed by atoms with Crippen LogP contribution in [0.4, 0.5) is 0 Å². The van der Waals surface area contributed by atoms with E-state index in [9.17, 15) is 9.90 Å². The molecule has 0 amide bonds. The Bertz CT molecular complexity index is 1360. The Morgan fingerprint density at radius 1 is 0.952 bits per heavy atom. The quantitative estimate of drug-likeness (QED) is 0.141. The number of hydrogen-bond donors (Lipinski definition) is 1. The smallest absolute Gasteiger partial charge is 0.251 e. The molecule has 1 N–H and O–H groups in total. The first kappa shape index (κ1) is 33.8. The molecule has 3 aromatic rings. The van der Waals surface area contributed by atoms with E-state index in [1.807, 2.05) is 40.0 Å². The maximum absolute atomic E-state index is 11.7. The van der Waals surface area contributed by atoms with E-state index in [0.717, 1.165) is 90.5 Å². The van der Waals surface area contributed by atoms with Crippen LogP contribution in [0.5, 0.6) is 11.5 Å². The number of pyridine rings is 1. The number of aromatic nitrogens is 1. The van der Waals surface area contributed by atoms with Gasteiger partial charge in [0.25, 0.3) is 5.79 Å². The average molecular weight is 749 g/mol. The maximum Gasteiger partial charge on any atom is 0.251 e. The van der Waals surface area contributed by atoms with Gasteiger partial charge < -0.3 is 19.6 Å². The van der Waals surface area contributed by atoms with Gasteiger partial charge in [0.2, 0.25) is 0 Å². The summed E-state index contributed by atoms with van der Waals surface area (Å²) in [6, 6.07) is 14.0. The van der Waals surface area contributed by atoms with Gasteiger partial charge in [0, 0.05) is 57.1 Å². The molecule has 0 saturated heterocycles. The standard InChI is InChI=1S/C23H22NO2.C13H24O2.Ir/c1-15-10-16(2)12-18(11-15)22-19-14-21-20(13-17(19)6-9-24-22)25-23(26-21)7-4-3-5-8-23;1-5-10(6-2)12(14)9-13(15)11(7-3)8-4;/h6,9-11,13-14H,3-5,7-8H2,1-2H3;9-11,14H,5-8H2,1-4H3;/q-1;;/b;12-9-;. The minimum absolute atomic E-state index is 0. The Kier molecular flexibility index (Phi) is 12.2. The minimum atomic E-state index is -0.447. The van der Waals surface area contributed by atoms with Crippen molar-refractivity contribution in [2.45, 2.75) is 105 Å². The molecule has 0 unspecified atom stereocenters. The van der Waals surface area contributed by atoms with Gasteiger partial charge in [0.15, 0.2) is 17.3 Å². The molecule has 1 fully saturated rings. The van der Waals surface area contributed by atoms with Gasteiger partial charge in [0.05, 0.1) is 5.76 Å². The summed E-state index contributed by atoms with van der Waals surface area (Å²) in [5.74, 6) is 1.81. The second-order valence-corrected chi connectivity index (χ2v) is 11.6. The zero-order valence-corrected chi connectivity index (χ0v) is 28.4. The van der Waals surface area contributed by atoms with E-state index in [2.05, 4.69) is 49.2 Å². The molecular formula is C36H46IrNO4-. The molecule has 1 radical (unpaired) electrons. The van der Waals surface area contributed by atoms with Gasteiger partial charge in [-0.3, -0.25) is 4.79 Å². The van der Waals surface area contributed by atoms with Crippen LogP contribution >= 0.6 is 0 Å². The number of carbonyl (C=O) groups excluding carboxylic acids is 1. The number of aliphatic hydroxyl groups excluding tert-OH is 1. The molecule has 5 nitrogen and oxygen atoms in total. The van der Waals surface area contributed by atoms with E-state index in [1.54, 1.807) is 0 Å². The van der Waals surface area contributed by atoms with Crippen LogP contribution in [-0.2, 0) is 24.9 Å². The third-order valence-corrected chi connectivity index (χ3v) is 8.52. The largest absolute Gasteiger partial charge is 0.512 e. The van der Waals surface area contributed by atoms with E-state index in [1.165, 1.54) is 18.1 Å². The summed E-state index contributed by atoms with van der Waals surface area (Å²) >= 11 is 0. The number of ether oxygens (including phenoxy) is 2. The fourth-order valence-electron chi connectivity index (χ4n) is 6.07. The molecule has 2 aromatic carbocycles. The predicted molar refractivity (Wildman–Crippen MR) is 166 cm³/mol. The van der Waals surface area contributed by atoms with E-state index >= 15 is 0 Å². The first-order valence-electron chi connectivity index (χ1n) is 15.5. The second kappa shape index (κ2) is 15.2. The molecule has 1 aliphatic heterocycles. The third kappa shape index (κ3) is 7.82. The van der Waals surface area contributed by atoms with Crippen LogP contribution < -0.4 is 9.47 Å². The normalized spacial score (nSPS) is 15.5. The van der Waals surface area contributed by atoms with Crippen molar-refractivity contribution in [1.29, 1.82) is 0 Å². The van der Waals surface area contributed by atoms with E-state index in [4.69, 9.17) is 9.47 Å². The Morgan fingerprint density at radius 2 is 1.57 bits per heavy atom. The summed E-state index contributed by atoms with van der Waals surface area (Å²) in [6.45, 7) is 12.3. The summed E-state index contributed by atoms with van der Waals surface area (Å²) in [5.41, 5.74) is 4.32. The third-order valence-electron chi connectivity index (χ3n) is 8.52. The van der Waals surface area contributed by atoms with Gasteiger partial charge in [-0.1, -0.05) is 48.0 Å². The first-order chi connectivity index (χ1) is 19.7. The number of ketones is 1. The van der Waals surface area contributed by atoms with Crippen LogP contribution in [0, 0.1) is 31.7 Å². The molecule has 1 spiro atoms. The monoisotopic (exact) mass is 749 g/mol. The molecule has 0 atom stereocenters. The summed E-state index contributed by atoms with van der Waals surface area (Å²) in [7, 11) is 0. The van der Waals surface area contributed by atoms with Crippen molar-refractivity contribution in [3.63, 3.8) is 0 Å². The van der Waals surface area contributed by atoms with Crippen LogP contribution in [0.25, 0.3) is 22.0 Å². The van der Waals surface area contributed by atoms with Crippen LogP contribution in [0.15, 0.2) is 48.4 Å². The molecule has 2 aliphatic rings. The molecule has 1 saturated carbocycles. The summed E-state index contributed by atoms with van der Waals surface area (Å²) in [4.78, 5) is 16.4. The van der Waals surface area contributed by atoms with E-state index < -0.39 is 5.79 Å². The predicted octanol–water partition coefficient (Wildman–Crippen LogP) is 9.62. The van der Waals surface area contributed by atoms with Crippen molar-refractivity contribution < 1.29 is 39.5 Å². The number of allylic oxidation sites excluding steroid dienone is 2. The summed E-state index contributed by atoms with van der Waals surface area (Å²) in [6.07, 6.45) is 12.3. The zero-order chi connectivity index (χ0) is 29.6. The van der Waals surface area contributed by atoms with Gasteiger partial charge >= 0.3 is 0 Å². The second-order valence-electron chi connectivity index (χ2n) is 11.6. The van der Waals surface area contributed by atoms with Gasteiger partial charge in [-0.2, -0.15) is 0 Å². The van der Waals surface area contributed by atoms with Gasteiger partial charge in [-0.25, -0.2) is 0 Å². The minimum Gasteiger partial charge on any atom is -0.512 e. The van der Waals surface area contributed by atoms with Crippen LogP contribution in [0.1, 0.15) is 96.6 Å². The van der Waals surface area contributed by atoms with Crippen molar-refractivity contribution in [1.82, 2.24) is 4.98 Å². The van der Waals surface area contributed by atoms with Crippen LogP contribution in [-0.4, -0.2) is 21.7 Å². The van der Waals surface area contributed by atoms with Crippen molar-refractivity contribution in [2.24, 2.45) is 11.8 Å². The van der Waals surface area contributed by atoms with Gasteiger partial charge in [-0.05, 0) is 73.2 Å². The molecule has 229 valence electrons. The summed E-state index contributed by atoms with van der Waals surface area (Å²) < 4.78 is 12.6. The van der Waals surface area contributed by atoms with Crippen molar-refractivity contribution >= 4 is 16.6 Å². The number of rotatable bonds is 8. The Hall–Kier alpha value is -2.69. The molecular weight excluding hydrogens is 703 g/mol. The molecule has 42 heavy (non-hydrogen) atoms. The molecule has 1 aromatic heterocycles. The van der Waals surface area contributed by atoms with Crippen molar-refractivity contribution in [3.8, 4) is 22.8 Å². The van der Waals surface area contributed by atoms with E-state index in [0.29, 0.717) is 0 Å². The number of benzene rings is 2. The van der Waals surface area contributed by atoms with Gasteiger partial charge in [-0.15, -0.1) is 34.9 Å². The van der Waals surface area contributed by atoms with Crippen molar-refractivity contribution in [2.75, 3.05) is 0 Å². The Labute approximate surface area is 265 Å². The molecule has 0 bridgehead atoms.